The van der Waals surface area contributed by atoms with Gasteiger partial charge in [-0.15, -0.1) is 0 Å². The number of aromatic nitrogens is 3. The maximum absolute atomic E-state index is 4.50. The predicted octanol–water partition coefficient (Wildman–Crippen LogP) is 2.26. The molecule has 0 N–H and O–H groups in total. The smallest absolute Gasteiger partial charge is 0.128 e. The molecule has 0 unspecified atom stereocenters. The summed E-state index contributed by atoms with van der Waals surface area (Å²) in [5.74, 6) is 1.64. The van der Waals surface area contributed by atoms with E-state index in [0.717, 1.165) is 24.6 Å². The summed E-state index contributed by atoms with van der Waals surface area (Å²) in [5, 5.41) is 4.50. The summed E-state index contributed by atoms with van der Waals surface area (Å²) in [4.78, 5) is 9.01. The first kappa shape index (κ1) is 15.0. The summed E-state index contributed by atoms with van der Waals surface area (Å²) in [5.41, 5.74) is 2.57. The van der Waals surface area contributed by atoms with Crippen molar-refractivity contribution >= 4 is 5.82 Å². The number of pyridine rings is 1. The molecule has 1 aliphatic heterocycles. The van der Waals surface area contributed by atoms with E-state index in [0.29, 0.717) is 5.92 Å². The molecule has 3 heterocycles. The summed E-state index contributed by atoms with van der Waals surface area (Å²) < 4.78 is 1.88. The molecule has 3 rings (SSSR count). The Kier molecular flexibility index (Phi) is 4.43. The predicted molar refractivity (Wildman–Crippen MR) is 89.0 cm³/mol. The lowest BCUT2D eigenvalue weighted by atomic mass is 9.91. The second-order valence-electron chi connectivity index (χ2n) is 6.40. The van der Waals surface area contributed by atoms with Crippen molar-refractivity contribution in [1.82, 2.24) is 19.7 Å². The minimum atomic E-state index is 0.596. The molecule has 5 heteroatoms. The van der Waals surface area contributed by atoms with E-state index in [1.165, 1.54) is 24.9 Å². The van der Waals surface area contributed by atoms with Crippen LogP contribution in [0.1, 0.15) is 30.0 Å². The van der Waals surface area contributed by atoms with Crippen LogP contribution in [0.4, 0.5) is 5.82 Å². The van der Waals surface area contributed by atoms with Crippen LogP contribution in [-0.2, 0) is 13.6 Å². The van der Waals surface area contributed by atoms with E-state index < -0.39 is 0 Å². The molecule has 0 aromatic carbocycles. The molecule has 1 aliphatic rings. The van der Waals surface area contributed by atoms with Gasteiger partial charge in [0.15, 0.2) is 0 Å². The average molecular weight is 299 g/mol. The number of aryl methyl sites for hydroxylation is 1. The van der Waals surface area contributed by atoms with E-state index in [-0.39, 0.29) is 0 Å². The van der Waals surface area contributed by atoms with Gasteiger partial charge < -0.3 is 4.90 Å². The van der Waals surface area contributed by atoms with E-state index in [2.05, 4.69) is 38.1 Å². The van der Waals surface area contributed by atoms with Crippen LogP contribution in [-0.4, -0.2) is 46.8 Å². The van der Waals surface area contributed by atoms with Gasteiger partial charge in [0.2, 0.25) is 0 Å². The Morgan fingerprint density at radius 2 is 2.18 bits per heavy atom. The van der Waals surface area contributed by atoms with Crippen LogP contribution in [0.2, 0.25) is 0 Å². The molecular formula is C17H25N5. The molecule has 22 heavy (non-hydrogen) atoms. The number of likely N-dealkylation sites (tertiary alicyclic amines) is 1. The van der Waals surface area contributed by atoms with Crippen molar-refractivity contribution in [1.29, 1.82) is 0 Å². The zero-order valence-corrected chi connectivity index (χ0v) is 13.7. The minimum absolute atomic E-state index is 0.596. The Morgan fingerprint density at radius 1 is 1.32 bits per heavy atom. The highest BCUT2D eigenvalue weighted by Gasteiger charge is 2.22. The van der Waals surface area contributed by atoms with E-state index in [1.54, 1.807) is 0 Å². The Balaban J connectivity index is 1.68. The van der Waals surface area contributed by atoms with Gasteiger partial charge in [0.05, 0.1) is 5.69 Å². The number of piperidine rings is 1. The van der Waals surface area contributed by atoms with Gasteiger partial charge in [-0.3, -0.25) is 9.58 Å². The normalized spacial score (nSPS) is 19.3. The molecule has 5 nitrogen and oxygen atoms in total. The number of nitrogens with zero attached hydrogens (tertiary/aromatic N) is 5. The zero-order chi connectivity index (χ0) is 15.5. The van der Waals surface area contributed by atoms with Crippen molar-refractivity contribution in [2.45, 2.75) is 25.3 Å². The fourth-order valence-electron chi connectivity index (χ4n) is 3.18. The van der Waals surface area contributed by atoms with Gasteiger partial charge in [0, 0.05) is 46.6 Å². The molecule has 1 saturated heterocycles. The van der Waals surface area contributed by atoms with E-state index >= 15 is 0 Å². The maximum Gasteiger partial charge on any atom is 0.128 e. The molecule has 0 spiro atoms. The van der Waals surface area contributed by atoms with Crippen molar-refractivity contribution in [3.8, 4) is 0 Å². The number of anilines is 1. The number of hydrogen-bond donors (Lipinski definition) is 0. The first-order valence-electron chi connectivity index (χ1n) is 7.96. The molecule has 0 aliphatic carbocycles. The summed E-state index contributed by atoms with van der Waals surface area (Å²) >= 11 is 0. The average Bonchev–Trinajstić information content (AvgIpc) is 2.93. The van der Waals surface area contributed by atoms with Crippen LogP contribution < -0.4 is 4.90 Å². The Morgan fingerprint density at radius 3 is 2.91 bits per heavy atom. The highest BCUT2D eigenvalue weighted by molar-refractivity contribution is 5.40. The van der Waals surface area contributed by atoms with Crippen molar-refractivity contribution in [3.63, 3.8) is 0 Å². The standard InChI is InChI=1S/C17H25N5/c1-20(2)17-11-14(6-8-18-17)15-5-4-9-22(12-15)13-16-7-10-21(3)19-16/h6-8,10-11,15H,4-5,9,12-13H2,1-3H3/t15-/m0/s1. The van der Waals surface area contributed by atoms with Gasteiger partial charge in [-0.2, -0.15) is 5.10 Å². The first-order chi connectivity index (χ1) is 10.6. The first-order valence-corrected chi connectivity index (χ1v) is 7.96. The van der Waals surface area contributed by atoms with Crippen molar-refractivity contribution in [3.05, 3.63) is 41.9 Å². The lowest BCUT2D eigenvalue weighted by Crippen LogP contribution is -2.34. The molecule has 1 fully saturated rings. The molecule has 0 radical (unpaired) electrons. The van der Waals surface area contributed by atoms with Gasteiger partial charge in [0.25, 0.3) is 0 Å². The fourth-order valence-corrected chi connectivity index (χ4v) is 3.18. The van der Waals surface area contributed by atoms with Gasteiger partial charge >= 0.3 is 0 Å². The maximum atomic E-state index is 4.50. The fraction of sp³-hybridized carbons (Fsp3) is 0.529. The summed E-state index contributed by atoms with van der Waals surface area (Å²) in [6.07, 6.45) is 6.46. The lowest BCUT2D eigenvalue weighted by Gasteiger charge is -2.32. The Hall–Kier alpha value is -1.88. The third-order valence-electron chi connectivity index (χ3n) is 4.36. The van der Waals surface area contributed by atoms with E-state index in [1.807, 2.05) is 38.2 Å². The Bertz CT molecular complexity index is 619. The van der Waals surface area contributed by atoms with Crippen LogP contribution in [0.5, 0.6) is 0 Å². The van der Waals surface area contributed by atoms with Gasteiger partial charge in [-0.25, -0.2) is 4.98 Å². The summed E-state index contributed by atoms with van der Waals surface area (Å²) in [6, 6.07) is 6.51. The van der Waals surface area contributed by atoms with Gasteiger partial charge in [0.1, 0.15) is 5.82 Å². The summed E-state index contributed by atoms with van der Waals surface area (Å²) in [6.45, 7) is 3.22. The third-order valence-corrected chi connectivity index (χ3v) is 4.36. The molecule has 0 bridgehead atoms. The molecule has 1 atom stereocenters. The van der Waals surface area contributed by atoms with Crippen LogP contribution in [0.15, 0.2) is 30.6 Å². The zero-order valence-electron chi connectivity index (χ0n) is 13.7. The molecule has 118 valence electrons. The second-order valence-corrected chi connectivity index (χ2v) is 6.40. The van der Waals surface area contributed by atoms with Crippen molar-refractivity contribution in [2.24, 2.45) is 7.05 Å². The number of hydrogen-bond acceptors (Lipinski definition) is 4. The lowest BCUT2D eigenvalue weighted by molar-refractivity contribution is 0.197. The molecule has 0 saturated carbocycles. The van der Waals surface area contributed by atoms with Crippen LogP contribution in [0.3, 0.4) is 0 Å². The highest BCUT2D eigenvalue weighted by Crippen LogP contribution is 2.28. The van der Waals surface area contributed by atoms with Crippen LogP contribution in [0, 0.1) is 0 Å². The third kappa shape index (κ3) is 3.47. The van der Waals surface area contributed by atoms with Crippen molar-refractivity contribution < 1.29 is 0 Å². The topological polar surface area (TPSA) is 37.2 Å². The SMILES string of the molecule is CN(C)c1cc([C@H]2CCCN(Cc3ccn(C)n3)C2)ccn1. The van der Waals surface area contributed by atoms with Crippen molar-refractivity contribution in [2.75, 3.05) is 32.1 Å². The summed E-state index contributed by atoms with van der Waals surface area (Å²) in [7, 11) is 6.06. The largest absolute Gasteiger partial charge is 0.363 e. The van der Waals surface area contributed by atoms with Gasteiger partial charge in [-0.05, 0) is 49.1 Å². The molecule has 0 amide bonds. The van der Waals surface area contributed by atoms with E-state index in [4.69, 9.17) is 0 Å². The molecular weight excluding hydrogens is 274 g/mol. The highest BCUT2D eigenvalue weighted by atomic mass is 15.3. The monoisotopic (exact) mass is 299 g/mol. The molecule has 2 aromatic rings. The van der Waals surface area contributed by atoms with Crippen LogP contribution >= 0.6 is 0 Å². The van der Waals surface area contributed by atoms with E-state index in [9.17, 15) is 0 Å². The van der Waals surface area contributed by atoms with Gasteiger partial charge in [-0.1, -0.05) is 0 Å². The second kappa shape index (κ2) is 6.48. The Labute approximate surface area is 132 Å². The molecule has 2 aromatic heterocycles. The minimum Gasteiger partial charge on any atom is -0.363 e. The quantitative estimate of drug-likeness (QED) is 0.868. The number of rotatable bonds is 4. The van der Waals surface area contributed by atoms with Crippen LogP contribution in [0.25, 0.3) is 0 Å².